The van der Waals surface area contributed by atoms with Crippen molar-refractivity contribution in [1.82, 2.24) is 5.32 Å². The maximum absolute atomic E-state index is 9.99. The predicted molar refractivity (Wildman–Crippen MR) is 84.9 cm³/mol. The summed E-state index contributed by atoms with van der Waals surface area (Å²) in [6, 6.07) is 0. The van der Waals surface area contributed by atoms with E-state index in [1.54, 1.807) is 0 Å². The highest BCUT2D eigenvalue weighted by molar-refractivity contribution is 4.74. The Morgan fingerprint density at radius 1 is 1.20 bits per heavy atom. The normalized spacial score (nSPS) is 27.3. The van der Waals surface area contributed by atoms with Crippen LogP contribution in [0.5, 0.6) is 0 Å². The summed E-state index contributed by atoms with van der Waals surface area (Å²) >= 11 is 0. The molecule has 0 radical (unpaired) electrons. The van der Waals surface area contributed by atoms with Crippen LogP contribution in [0.2, 0.25) is 0 Å². The Morgan fingerprint density at radius 3 is 2.45 bits per heavy atom. The van der Waals surface area contributed by atoms with Crippen LogP contribution in [0.15, 0.2) is 0 Å². The van der Waals surface area contributed by atoms with Crippen LogP contribution in [0.3, 0.4) is 0 Å². The van der Waals surface area contributed by atoms with Crippen molar-refractivity contribution < 1.29 is 9.84 Å². The number of hydrogen-bond donors (Lipinski definition) is 2. The Balaban J connectivity index is 2.12. The molecule has 0 amide bonds. The summed E-state index contributed by atoms with van der Waals surface area (Å²) in [4.78, 5) is 0. The predicted octanol–water partition coefficient (Wildman–Crippen LogP) is 3.21. The molecule has 0 heterocycles. The Kier molecular flexibility index (Phi) is 7.49. The fourth-order valence-electron chi connectivity index (χ4n) is 2.60. The van der Waals surface area contributed by atoms with Gasteiger partial charge in [0.15, 0.2) is 0 Å². The maximum atomic E-state index is 9.99. The molecule has 0 aromatic carbocycles. The first-order valence-electron chi connectivity index (χ1n) is 8.31. The third-order valence-corrected chi connectivity index (χ3v) is 4.84. The van der Waals surface area contributed by atoms with Crippen molar-refractivity contribution in [3.63, 3.8) is 0 Å². The minimum atomic E-state index is -0.392. The molecule has 3 nitrogen and oxygen atoms in total. The molecule has 4 unspecified atom stereocenters. The first kappa shape index (κ1) is 17.9. The zero-order valence-corrected chi connectivity index (χ0v) is 14.1. The fourth-order valence-corrected chi connectivity index (χ4v) is 2.60. The highest BCUT2D eigenvalue weighted by Crippen LogP contribution is 2.26. The van der Waals surface area contributed by atoms with Gasteiger partial charge in [0.2, 0.25) is 0 Å². The summed E-state index contributed by atoms with van der Waals surface area (Å²) in [7, 11) is 0. The Morgan fingerprint density at radius 2 is 1.85 bits per heavy atom. The number of nitrogens with one attached hydrogen (secondary N) is 1. The number of ether oxygens (including phenoxy) is 1. The summed E-state index contributed by atoms with van der Waals surface area (Å²) in [5.74, 6) is 1.24. The van der Waals surface area contributed by atoms with Gasteiger partial charge < -0.3 is 15.2 Å². The smallest absolute Gasteiger partial charge is 0.0897 e. The van der Waals surface area contributed by atoms with Gasteiger partial charge >= 0.3 is 0 Å². The van der Waals surface area contributed by atoms with Crippen molar-refractivity contribution in [3.05, 3.63) is 0 Å². The molecule has 1 fully saturated rings. The molecule has 1 rings (SSSR count). The zero-order valence-electron chi connectivity index (χ0n) is 14.1. The first-order chi connectivity index (χ1) is 9.30. The van der Waals surface area contributed by atoms with Gasteiger partial charge in [0.25, 0.3) is 0 Å². The molecule has 1 aliphatic carbocycles. The van der Waals surface area contributed by atoms with Crippen LogP contribution < -0.4 is 5.32 Å². The quantitative estimate of drug-likeness (QED) is 0.754. The van der Waals surface area contributed by atoms with Crippen LogP contribution in [0.25, 0.3) is 0 Å². The number of aliphatic hydroxyl groups is 1. The molecule has 120 valence electrons. The van der Waals surface area contributed by atoms with E-state index >= 15 is 0 Å². The molecule has 0 bridgehead atoms. The van der Waals surface area contributed by atoms with E-state index in [9.17, 15) is 5.11 Å². The highest BCUT2D eigenvalue weighted by Gasteiger charge is 2.23. The molecule has 0 aliphatic heterocycles. The molecule has 3 heteroatoms. The van der Waals surface area contributed by atoms with Gasteiger partial charge in [0.05, 0.1) is 18.8 Å². The molecule has 0 aromatic rings. The third kappa shape index (κ3) is 6.55. The van der Waals surface area contributed by atoms with Crippen molar-refractivity contribution in [3.8, 4) is 0 Å². The molecule has 4 atom stereocenters. The molecule has 1 saturated carbocycles. The van der Waals surface area contributed by atoms with E-state index in [1.807, 2.05) is 0 Å². The van der Waals surface area contributed by atoms with Gasteiger partial charge in [-0.1, -0.05) is 47.5 Å². The summed E-state index contributed by atoms with van der Waals surface area (Å²) in [6.07, 6.45) is 4.98. The average molecular weight is 285 g/mol. The molecule has 0 aromatic heterocycles. The molecular formula is C17H35NO2. The second-order valence-corrected chi connectivity index (χ2v) is 7.71. The second-order valence-electron chi connectivity index (χ2n) is 7.71. The van der Waals surface area contributed by atoms with Crippen molar-refractivity contribution in [2.24, 2.45) is 17.3 Å². The Bertz CT molecular complexity index is 262. The van der Waals surface area contributed by atoms with Crippen LogP contribution in [-0.2, 0) is 4.74 Å². The lowest BCUT2D eigenvalue weighted by Crippen LogP contribution is -2.37. The van der Waals surface area contributed by atoms with Gasteiger partial charge in [-0.3, -0.25) is 0 Å². The van der Waals surface area contributed by atoms with E-state index in [2.05, 4.69) is 39.9 Å². The molecule has 0 saturated heterocycles. The average Bonchev–Trinajstić information content (AvgIpc) is 2.36. The summed E-state index contributed by atoms with van der Waals surface area (Å²) in [5.41, 5.74) is 0.311. The van der Waals surface area contributed by atoms with Crippen LogP contribution in [0.1, 0.15) is 60.3 Å². The Labute approximate surface area is 125 Å². The molecule has 20 heavy (non-hydrogen) atoms. The number of aliphatic hydroxyl groups excluding tert-OH is 1. The van der Waals surface area contributed by atoms with Gasteiger partial charge in [0.1, 0.15) is 0 Å². The van der Waals surface area contributed by atoms with Gasteiger partial charge in [-0.25, -0.2) is 0 Å². The highest BCUT2D eigenvalue weighted by atomic mass is 16.5. The topological polar surface area (TPSA) is 41.5 Å². The van der Waals surface area contributed by atoms with Crippen molar-refractivity contribution in [2.45, 2.75) is 72.5 Å². The molecule has 1 aliphatic rings. The monoisotopic (exact) mass is 285 g/mol. The summed E-state index contributed by atoms with van der Waals surface area (Å²) in [5, 5.41) is 13.4. The standard InChI is InChI=1S/C17H35NO2/c1-13-8-6-7-9-16(13)20-12-15(19)11-18-10-14(2)17(3,4)5/h13-16,18-19H,6-12H2,1-5H3. The van der Waals surface area contributed by atoms with E-state index in [1.165, 1.54) is 19.3 Å². The zero-order chi connectivity index (χ0) is 15.2. The fraction of sp³-hybridized carbons (Fsp3) is 1.00. The lowest BCUT2D eigenvalue weighted by molar-refractivity contribution is -0.0453. The van der Waals surface area contributed by atoms with E-state index in [0.29, 0.717) is 36.5 Å². The third-order valence-electron chi connectivity index (χ3n) is 4.84. The maximum Gasteiger partial charge on any atom is 0.0897 e. The van der Waals surface area contributed by atoms with E-state index in [-0.39, 0.29) is 0 Å². The summed E-state index contributed by atoms with van der Waals surface area (Å²) in [6.45, 7) is 13.3. The minimum absolute atomic E-state index is 0.311. The molecule has 0 spiro atoms. The molecular weight excluding hydrogens is 250 g/mol. The van der Waals surface area contributed by atoms with Crippen LogP contribution in [0, 0.1) is 17.3 Å². The van der Waals surface area contributed by atoms with Gasteiger partial charge in [-0.2, -0.15) is 0 Å². The van der Waals surface area contributed by atoms with Crippen LogP contribution in [-0.4, -0.2) is 37.0 Å². The van der Waals surface area contributed by atoms with Crippen molar-refractivity contribution in [1.29, 1.82) is 0 Å². The Hall–Kier alpha value is -0.120. The van der Waals surface area contributed by atoms with E-state index < -0.39 is 6.10 Å². The van der Waals surface area contributed by atoms with Crippen molar-refractivity contribution >= 4 is 0 Å². The SMILES string of the molecule is CC1CCCCC1OCC(O)CNCC(C)C(C)(C)C. The number of rotatable bonds is 7. The van der Waals surface area contributed by atoms with Gasteiger partial charge in [-0.15, -0.1) is 0 Å². The lowest BCUT2D eigenvalue weighted by atomic mass is 9.82. The van der Waals surface area contributed by atoms with E-state index in [0.717, 1.165) is 13.0 Å². The van der Waals surface area contributed by atoms with Crippen molar-refractivity contribution in [2.75, 3.05) is 19.7 Å². The van der Waals surface area contributed by atoms with Gasteiger partial charge in [0, 0.05) is 6.54 Å². The number of hydrogen-bond acceptors (Lipinski definition) is 3. The lowest BCUT2D eigenvalue weighted by Gasteiger charge is -2.30. The molecule has 2 N–H and O–H groups in total. The minimum Gasteiger partial charge on any atom is -0.389 e. The van der Waals surface area contributed by atoms with Crippen LogP contribution in [0.4, 0.5) is 0 Å². The van der Waals surface area contributed by atoms with Crippen LogP contribution >= 0.6 is 0 Å². The largest absolute Gasteiger partial charge is 0.389 e. The summed E-state index contributed by atoms with van der Waals surface area (Å²) < 4.78 is 5.89. The first-order valence-corrected chi connectivity index (χ1v) is 8.31. The van der Waals surface area contributed by atoms with Gasteiger partial charge in [-0.05, 0) is 36.6 Å². The van der Waals surface area contributed by atoms with E-state index in [4.69, 9.17) is 4.74 Å². The second kappa shape index (κ2) is 8.35.